The molecule has 2 aromatic heterocycles. The van der Waals surface area contributed by atoms with Crippen molar-refractivity contribution in [1.29, 1.82) is 0 Å². The van der Waals surface area contributed by atoms with Gasteiger partial charge in [-0.2, -0.15) is 0 Å². The van der Waals surface area contributed by atoms with Crippen LogP contribution in [0.3, 0.4) is 0 Å². The van der Waals surface area contributed by atoms with E-state index in [1.54, 1.807) is 0 Å². The molecule has 0 amide bonds. The molecule has 3 unspecified atom stereocenters. The van der Waals surface area contributed by atoms with Crippen LogP contribution in [-0.2, 0) is 0 Å². The minimum absolute atomic E-state index is 0.00980. The first-order chi connectivity index (χ1) is 14.4. The highest BCUT2D eigenvalue weighted by molar-refractivity contribution is 5.57. The predicted molar refractivity (Wildman–Crippen MR) is 113 cm³/mol. The molecule has 2 bridgehead atoms. The number of hydrogen-bond donors (Lipinski definition) is 4. The average molecular weight is 413 g/mol. The zero-order valence-electron chi connectivity index (χ0n) is 17.4. The van der Waals surface area contributed by atoms with E-state index < -0.39 is 12.1 Å². The summed E-state index contributed by atoms with van der Waals surface area (Å²) >= 11 is 0. The van der Waals surface area contributed by atoms with E-state index in [0.29, 0.717) is 12.5 Å². The first kappa shape index (κ1) is 19.7. The van der Waals surface area contributed by atoms with Gasteiger partial charge in [0, 0.05) is 36.2 Å². The molecule has 3 atom stereocenters. The van der Waals surface area contributed by atoms with Crippen molar-refractivity contribution < 1.29 is 14.6 Å². The normalized spacial score (nSPS) is 29.7. The summed E-state index contributed by atoms with van der Waals surface area (Å²) in [4.78, 5) is 9.21. The summed E-state index contributed by atoms with van der Waals surface area (Å²) in [5.74, 6) is 0.984. The number of rotatable bonds is 4. The van der Waals surface area contributed by atoms with Crippen molar-refractivity contribution in [2.45, 2.75) is 57.8 Å². The fraction of sp³-hybridized carbons (Fsp3) is 0.565. The Kier molecular flexibility index (Phi) is 4.90. The Morgan fingerprint density at radius 1 is 1.13 bits per heavy atom. The van der Waals surface area contributed by atoms with Gasteiger partial charge in [0.15, 0.2) is 17.9 Å². The van der Waals surface area contributed by atoms with E-state index in [1.807, 2.05) is 20.0 Å². The molecule has 6 rings (SSSR count). The molecule has 3 aliphatic carbocycles. The number of aryl methyl sites for hydroxylation is 2. The van der Waals surface area contributed by atoms with Gasteiger partial charge < -0.3 is 20.8 Å². The second kappa shape index (κ2) is 7.46. The Morgan fingerprint density at radius 2 is 1.87 bits per heavy atom. The maximum absolute atomic E-state index is 14.9. The summed E-state index contributed by atoms with van der Waals surface area (Å²) in [5.41, 5.74) is 3.81. The number of anilines is 2. The number of pyridine rings is 2. The van der Waals surface area contributed by atoms with Crippen molar-refractivity contribution in [3.8, 4) is 0 Å². The van der Waals surface area contributed by atoms with E-state index in [9.17, 15) is 14.6 Å². The van der Waals surface area contributed by atoms with Crippen molar-refractivity contribution >= 4 is 11.6 Å². The summed E-state index contributed by atoms with van der Waals surface area (Å²) in [6, 6.07) is 3.48. The van der Waals surface area contributed by atoms with E-state index in [1.165, 1.54) is 6.07 Å². The van der Waals surface area contributed by atoms with Crippen molar-refractivity contribution in [2.75, 3.05) is 17.2 Å². The molecule has 1 aliphatic heterocycles. The number of fused-ring (bicyclic) bond motifs is 4. The molecule has 2 aromatic rings. The molecule has 4 N–H and O–H groups in total. The molecule has 7 heteroatoms. The fourth-order valence-electron chi connectivity index (χ4n) is 5.90. The highest BCUT2D eigenvalue weighted by Crippen LogP contribution is 2.47. The number of halogens is 1. The summed E-state index contributed by atoms with van der Waals surface area (Å²) in [6.45, 7) is 4.58. The van der Waals surface area contributed by atoms with Crippen LogP contribution in [0.2, 0.25) is 0 Å². The molecule has 4 aliphatic rings. The highest BCUT2D eigenvalue weighted by Gasteiger charge is 2.46. The van der Waals surface area contributed by atoms with Gasteiger partial charge in [0.25, 0.3) is 0 Å². The van der Waals surface area contributed by atoms with Crippen LogP contribution in [0.5, 0.6) is 0 Å². The van der Waals surface area contributed by atoms with Crippen molar-refractivity contribution in [3.63, 3.8) is 0 Å². The smallest absolute Gasteiger partial charge is 0.165 e. The number of aliphatic hydroxyl groups is 2. The predicted octanol–water partition coefficient (Wildman–Crippen LogP) is 3.32. The Bertz CT molecular complexity index is 958. The quantitative estimate of drug-likeness (QED) is 0.576. The minimum Gasteiger partial charge on any atom is -0.369 e. The largest absolute Gasteiger partial charge is 0.369 e. The average Bonchev–Trinajstić information content (AvgIpc) is 3.13. The van der Waals surface area contributed by atoms with Crippen molar-refractivity contribution in [1.82, 2.24) is 9.97 Å². The maximum atomic E-state index is 14.9. The van der Waals surface area contributed by atoms with Crippen molar-refractivity contribution in [3.05, 3.63) is 46.5 Å². The van der Waals surface area contributed by atoms with Crippen LogP contribution in [0.1, 0.15) is 54.0 Å². The number of aromatic nitrogens is 2. The summed E-state index contributed by atoms with van der Waals surface area (Å²) in [5, 5.41) is 26.6. The highest BCUT2D eigenvalue weighted by atomic mass is 19.1. The molecule has 3 heterocycles. The van der Waals surface area contributed by atoms with E-state index in [0.717, 1.165) is 53.9 Å². The van der Waals surface area contributed by atoms with E-state index >= 15 is 0 Å². The van der Waals surface area contributed by atoms with Crippen LogP contribution in [0.4, 0.5) is 16.0 Å². The Labute approximate surface area is 176 Å². The zero-order chi connectivity index (χ0) is 21.0. The van der Waals surface area contributed by atoms with Gasteiger partial charge in [0.05, 0.1) is 5.69 Å². The van der Waals surface area contributed by atoms with Gasteiger partial charge in [0.2, 0.25) is 0 Å². The van der Waals surface area contributed by atoms with Gasteiger partial charge in [-0.05, 0) is 68.6 Å². The van der Waals surface area contributed by atoms with Gasteiger partial charge in [-0.1, -0.05) is 6.07 Å². The summed E-state index contributed by atoms with van der Waals surface area (Å²) in [7, 11) is 0. The number of nitrogens with zero attached hydrogens (tertiary/aromatic N) is 2. The molecule has 0 spiro atoms. The molecular weight excluding hydrogens is 383 g/mol. The molecule has 0 aromatic carbocycles. The van der Waals surface area contributed by atoms with E-state index in [2.05, 4.69) is 21.7 Å². The lowest BCUT2D eigenvalue weighted by Crippen LogP contribution is -2.53. The molecule has 160 valence electrons. The van der Waals surface area contributed by atoms with Gasteiger partial charge in [-0.25, -0.2) is 14.4 Å². The van der Waals surface area contributed by atoms with Gasteiger partial charge in [-0.15, -0.1) is 0 Å². The van der Waals surface area contributed by atoms with Crippen molar-refractivity contribution in [2.24, 2.45) is 17.8 Å². The van der Waals surface area contributed by atoms with Crippen LogP contribution in [-0.4, -0.2) is 39.1 Å². The second-order valence-electron chi connectivity index (χ2n) is 9.24. The molecule has 3 saturated carbocycles. The molecule has 0 saturated heterocycles. The molecule has 30 heavy (non-hydrogen) atoms. The lowest BCUT2D eigenvalue weighted by atomic mass is 9.61. The molecular formula is C23H29FN4O2. The van der Waals surface area contributed by atoms with Crippen LogP contribution in [0, 0.1) is 37.4 Å². The first-order valence-corrected chi connectivity index (χ1v) is 10.9. The van der Waals surface area contributed by atoms with Gasteiger partial charge >= 0.3 is 0 Å². The van der Waals surface area contributed by atoms with E-state index in [4.69, 9.17) is 4.98 Å². The Balaban J connectivity index is 1.49. The fourth-order valence-corrected chi connectivity index (χ4v) is 5.90. The maximum Gasteiger partial charge on any atom is 0.165 e. The molecule has 0 radical (unpaired) electrons. The third kappa shape index (κ3) is 3.24. The topological polar surface area (TPSA) is 90.3 Å². The minimum atomic E-state index is -1.40. The van der Waals surface area contributed by atoms with Gasteiger partial charge in [0.1, 0.15) is 5.82 Å². The van der Waals surface area contributed by atoms with Gasteiger partial charge in [-0.3, -0.25) is 0 Å². The molecule has 3 fully saturated rings. The lowest BCUT2D eigenvalue weighted by molar-refractivity contribution is -0.133. The van der Waals surface area contributed by atoms with Crippen LogP contribution in [0.25, 0.3) is 0 Å². The molecule has 6 nitrogen and oxygen atoms in total. The first-order valence-electron chi connectivity index (χ1n) is 10.9. The summed E-state index contributed by atoms with van der Waals surface area (Å²) in [6.07, 6.45) is 4.54. The zero-order valence-corrected chi connectivity index (χ0v) is 17.4. The van der Waals surface area contributed by atoms with Crippen LogP contribution in [0.15, 0.2) is 18.3 Å². The standard InChI is InChI=1S/C23H29FN4O2/c1-11-7-15-16(10-26-21(15)25-9-11)19-12(2)8-17(24)22(27-19)28-20-14-5-3-13(4-6-14)18(20)23(29)30/h7-9,13-14,16,18,20,23,29-30H,3-6,10H2,1-2H3,(H,25,26)(H,27,28). The summed E-state index contributed by atoms with van der Waals surface area (Å²) < 4.78 is 14.9. The number of aliphatic hydroxyl groups excluding tert-OH is 1. The van der Waals surface area contributed by atoms with Crippen LogP contribution >= 0.6 is 0 Å². The van der Waals surface area contributed by atoms with E-state index in [-0.39, 0.29) is 29.6 Å². The Morgan fingerprint density at radius 3 is 2.60 bits per heavy atom. The van der Waals surface area contributed by atoms with Crippen LogP contribution < -0.4 is 10.6 Å². The SMILES string of the molecule is Cc1cnc2c(c1)C(c1nc(NC3C4CCC(CC4)C3C(O)O)c(F)cc1C)CN2. The lowest BCUT2D eigenvalue weighted by Gasteiger charge is -2.49. The Hall–Kier alpha value is -2.25. The number of nitrogens with one attached hydrogen (secondary N) is 2. The third-order valence-corrected chi connectivity index (χ3v) is 7.37. The number of hydrogen-bond acceptors (Lipinski definition) is 6. The second-order valence-corrected chi connectivity index (χ2v) is 9.24. The monoisotopic (exact) mass is 412 g/mol. The third-order valence-electron chi connectivity index (χ3n) is 7.37.